The number of allylic oxidation sites excluding steroid dienone is 1. The summed E-state index contributed by atoms with van der Waals surface area (Å²) >= 11 is 6.38. The number of nitrogens with two attached hydrogens (primary N) is 1. The fraction of sp³-hybridized carbons (Fsp3) is 0.519. The number of aromatic nitrogens is 2. The van der Waals surface area contributed by atoms with Crippen molar-refractivity contribution in [3.8, 4) is 5.75 Å². The lowest BCUT2D eigenvalue weighted by Crippen LogP contribution is -2.27. The Morgan fingerprint density at radius 2 is 1.97 bits per heavy atom. The van der Waals surface area contributed by atoms with Crippen LogP contribution >= 0.6 is 11.6 Å². The van der Waals surface area contributed by atoms with E-state index in [0.717, 1.165) is 50.2 Å². The van der Waals surface area contributed by atoms with Gasteiger partial charge in [0, 0.05) is 13.3 Å². The molecule has 2 fully saturated rings. The van der Waals surface area contributed by atoms with Crippen LogP contribution in [0.15, 0.2) is 34.0 Å². The lowest BCUT2D eigenvalue weighted by Gasteiger charge is -2.30. The minimum atomic E-state index is -3.74. The van der Waals surface area contributed by atoms with E-state index in [9.17, 15) is 8.42 Å². The average molecular weight is 576 g/mol. The zero-order valence-corrected chi connectivity index (χ0v) is 24.5. The highest BCUT2D eigenvalue weighted by Crippen LogP contribution is 2.39. The maximum Gasteiger partial charge on any atom is 0.229 e. The van der Waals surface area contributed by atoms with Crippen LogP contribution in [0.4, 0.5) is 17.5 Å². The van der Waals surface area contributed by atoms with E-state index < -0.39 is 15.1 Å². The van der Waals surface area contributed by atoms with Crippen molar-refractivity contribution in [3.05, 3.63) is 45.2 Å². The number of rotatable bonds is 10. The number of aryl methyl sites for hydroxylation is 1. The van der Waals surface area contributed by atoms with E-state index in [1.54, 1.807) is 13.8 Å². The van der Waals surface area contributed by atoms with Gasteiger partial charge < -0.3 is 26.4 Å². The third-order valence-electron chi connectivity index (χ3n) is 7.19. The molecule has 0 spiro atoms. The molecule has 0 unspecified atom stereocenters. The first-order valence-electron chi connectivity index (χ1n) is 13.3. The van der Waals surface area contributed by atoms with Crippen molar-refractivity contribution < 1.29 is 13.2 Å². The Hall–Kier alpha value is -2.89. The SMILES string of the molecule is CN=CC(Nc1nc(Nc2cc(C)c(C3CCNCC3)cc2OC2CCC2)ncc1Cl)=C(N)S(=O)(=O)C(C)C. The van der Waals surface area contributed by atoms with Crippen molar-refractivity contribution in [1.82, 2.24) is 15.3 Å². The van der Waals surface area contributed by atoms with E-state index >= 15 is 0 Å². The number of sulfone groups is 1. The van der Waals surface area contributed by atoms with Crippen LogP contribution in [0.3, 0.4) is 0 Å². The predicted octanol–water partition coefficient (Wildman–Crippen LogP) is 4.64. The van der Waals surface area contributed by atoms with Crippen molar-refractivity contribution in [3.63, 3.8) is 0 Å². The molecule has 212 valence electrons. The number of nitrogens with one attached hydrogen (secondary N) is 3. The summed E-state index contributed by atoms with van der Waals surface area (Å²) in [7, 11) is -2.22. The Kier molecular flexibility index (Phi) is 9.35. The normalized spacial score (nSPS) is 17.7. The first-order valence-corrected chi connectivity index (χ1v) is 15.3. The van der Waals surface area contributed by atoms with E-state index in [2.05, 4.69) is 50.0 Å². The van der Waals surface area contributed by atoms with Crippen LogP contribution in [0.5, 0.6) is 5.75 Å². The Balaban J connectivity index is 1.66. The molecule has 2 aromatic rings. The highest BCUT2D eigenvalue weighted by molar-refractivity contribution is 7.95. The summed E-state index contributed by atoms with van der Waals surface area (Å²) in [5.41, 5.74) is 9.36. The molecule has 0 atom stereocenters. The molecule has 1 aromatic heterocycles. The Labute approximate surface area is 235 Å². The van der Waals surface area contributed by atoms with Crippen LogP contribution in [-0.4, -0.2) is 56.1 Å². The van der Waals surface area contributed by atoms with Crippen LogP contribution in [0, 0.1) is 6.92 Å². The quantitative estimate of drug-likeness (QED) is 0.298. The number of nitrogens with zero attached hydrogens (tertiary/aromatic N) is 3. The number of benzene rings is 1. The van der Waals surface area contributed by atoms with Gasteiger partial charge in [0.1, 0.15) is 10.8 Å². The third-order valence-corrected chi connectivity index (χ3v) is 9.54. The molecular weight excluding hydrogens is 538 g/mol. The van der Waals surface area contributed by atoms with Crippen LogP contribution < -0.4 is 26.4 Å². The van der Waals surface area contributed by atoms with Gasteiger partial charge in [-0.2, -0.15) is 4.98 Å². The first kappa shape index (κ1) is 29.1. The third kappa shape index (κ3) is 6.82. The van der Waals surface area contributed by atoms with Gasteiger partial charge in [-0.1, -0.05) is 11.6 Å². The smallest absolute Gasteiger partial charge is 0.229 e. The summed E-state index contributed by atoms with van der Waals surface area (Å²) in [6.45, 7) is 7.26. The number of halogens is 1. The van der Waals surface area contributed by atoms with E-state index in [0.29, 0.717) is 5.92 Å². The van der Waals surface area contributed by atoms with Crippen molar-refractivity contribution in [2.45, 2.75) is 70.1 Å². The zero-order valence-electron chi connectivity index (χ0n) is 22.9. The van der Waals surface area contributed by atoms with Gasteiger partial charge in [-0.3, -0.25) is 4.99 Å². The van der Waals surface area contributed by atoms with Gasteiger partial charge in [0.25, 0.3) is 0 Å². The Morgan fingerprint density at radius 3 is 2.59 bits per heavy atom. The maximum absolute atomic E-state index is 12.7. The van der Waals surface area contributed by atoms with Crippen LogP contribution in [-0.2, 0) is 9.84 Å². The van der Waals surface area contributed by atoms with Crippen molar-refractivity contribution >= 4 is 45.1 Å². The van der Waals surface area contributed by atoms with Crippen molar-refractivity contribution in [2.24, 2.45) is 10.7 Å². The predicted molar refractivity (Wildman–Crippen MR) is 158 cm³/mol. The number of anilines is 3. The maximum atomic E-state index is 12.7. The largest absolute Gasteiger partial charge is 0.488 e. The molecule has 39 heavy (non-hydrogen) atoms. The van der Waals surface area contributed by atoms with Gasteiger partial charge in [-0.05, 0) is 95.1 Å². The minimum absolute atomic E-state index is 0.0777. The van der Waals surface area contributed by atoms with E-state index in [1.807, 2.05) is 0 Å². The van der Waals surface area contributed by atoms with Crippen molar-refractivity contribution in [1.29, 1.82) is 0 Å². The second kappa shape index (κ2) is 12.5. The molecular formula is C27H38ClN7O3S. The van der Waals surface area contributed by atoms with Gasteiger partial charge >= 0.3 is 0 Å². The minimum Gasteiger partial charge on any atom is -0.488 e. The molecule has 0 bridgehead atoms. The van der Waals surface area contributed by atoms with Crippen LogP contribution in [0.2, 0.25) is 5.02 Å². The van der Waals surface area contributed by atoms with Crippen LogP contribution in [0.1, 0.15) is 63.0 Å². The van der Waals surface area contributed by atoms with Gasteiger partial charge in [0.05, 0.1) is 28.9 Å². The molecule has 1 saturated carbocycles. The van der Waals surface area contributed by atoms with Crippen molar-refractivity contribution in [2.75, 3.05) is 30.8 Å². The molecule has 12 heteroatoms. The molecule has 1 aromatic carbocycles. The summed E-state index contributed by atoms with van der Waals surface area (Å²) < 4.78 is 31.8. The molecule has 1 aliphatic heterocycles. The van der Waals surface area contributed by atoms with Crippen LogP contribution in [0.25, 0.3) is 0 Å². The monoisotopic (exact) mass is 575 g/mol. The molecule has 5 N–H and O–H groups in total. The fourth-order valence-electron chi connectivity index (χ4n) is 4.60. The highest BCUT2D eigenvalue weighted by atomic mass is 35.5. The summed E-state index contributed by atoms with van der Waals surface area (Å²) in [4.78, 5) is 12.8. The highest BCUT2D eigenvalue weighted by Gasteiger charge is 2.25. The molecule has 10 nitrogen and oxygen atoms in total. The Morgan fingerprint density at radius 1 is 1.26 bits per heavy atom. The molecule has 0 radical (unpaired) electrons. The van der Waals surface area contributed by atoms with Gasteiger partial charge in [0.2, 0.25) is 5.95 Å². The molecule has 2 heterocycles. The number of piperidine rings is 1. The zero-order chi connectivity index (χ0) is 28.2. The average Bonchev–Trinajstić information content (AvgIpc) is 2.88. The molecule has 1 aliphatic carbocycles. The summed E-state index contributed by atoms with van der Waals surface area (Å²) in [6, 6.07) is 4.25. The topological polar surface area (TPSA) is 144 Å². The van der Waals surface area contributed by atoms with E-state index in [1.165, 1.54) is 37.0 Å². The fourth-order valence-corrected chi connectivity index (χ4v) is 5.65. The summed E-state index contributed by atoms with van der Waals surface area (Å²) in [5, 5.41) is 8.80. The first-order chi connectivity index (χ1) is 18.6. The molecule has 4 rings (SSSR count). The summed E-state index contributed by atoms with van der Waals surface area (Å²) in [6.07, 6.45) is 8.40. The van der Waals surface area contributed by atoms with Gasteiger partial charge in [-0.15, -0.1) is 0 Å². The van der Waals surface area contributed by atoms with Gasteiger partial charge in [-0.25, -0.2) is 13.4 Å². The lowest BCUT2D eigenvalue weighted by molar-refractivity contribution is 0.121. The van der Waals surface area contributed by atoms with E-state index in [-0.39, 0.29) is 33.6 Å². The summed E-state index contributed by atoms with van der Waals surface area (Å²) in [5.74, 6) is 1.73. The number of aliphatic imine (C=N–C) groups is 1. The number of hydrogen-bond donors (Lipinski definition) is 4. The van der Waals surface area contributed by atoms with E-state index in [4.69, 9.17) is 22.1 Å². The molecule has 1 saturated heterocycles. The lowest BCUT2D eigenvalue weighted by atomic mass is 9.87. The standard InChI is InChI=1S/C27H38ClN7O3S/c1-16(2)39(36,37)25(29)23(15-30-4)33-26-21(28)14-32-27(35-26)34-22-12-17(3)20(18-8-10-31-11-9-18)13-24(22)38-19-6-5-7-19/h12-16,18-19,31H,5-11,29H2,1-4H3,(H2,32,33,34,35). The number of ether oxygens (including phenoxy) is 1. The second-order valence-corrected chi connectivity index (χ2v) is 13.2. The number of hydrogen-bond acceptors (Lipinski definition) is 10. The molecule has 0 amide bonds. The second-order valence-electron chi connectivity index (χ2n) is 10.3. The Bertz CT molecular complexity index is 1350. The molecule has 2 aliphatic rings. The van der Waals surface area contributed by atoms with Gasteiger partial charge in [0.15, 0.2) is 20.7 Å².